The molecule has 0 spiro atoms. The number of amides is 1. The lowest BCUT2D eigenvalue weighted by molar-refractivity contribution is -0.136. The molecule has 3 aromatic rings. The number of aryl methyl sites for hydroxylation is 1. The van der Waals surface area contributed by atoms with Gasteiger partial charge < -0.3 is 15.0 Å². The lowest BCUT2D eigenvalue weighted by Gasteiger charge is -2.29. The zero-order valence-corrected chi connectivity index (χ0v) is 20.0. The van der Waals surface area contributed by atoms with E-state index in [1.165, 1.54) is 19.3 Å². The van der Waals surface area contributed by atoms with Gasteiger partial charge in [0.05, 0.1) is 12.1 Å². The molecule has 1 unspecified atom stereocenters. The van der Waals surface area contributed by atoms with Crippen LogP contribution in [0.15, 0.2) is 48.5 Å². The van der Waals surface area contributed by atoms with Crippen molar-refractivity contribution in [2.75, 3.05) is 6.54 Å². The third-order valence-corrected chi connectivity index (χ3v) is 7.03. The van der Waals surface area contributed by atoms with E-state index in [4.69, 9.17) is 16.7 Å². The van der Waals surface area contributed by atoms with Gasteiger partial charge in [0.2, 0.25) is 0 Å². The van der Waals surface area contributed by atoms with E-state index in [-0.39, 0.29) is 30.6 Å². The summed E-state index contributed by atoms with van der Waals surface area (Å²) in [6.45, 7) is 0.0874. The number of nitrogens with one attached hydrogen (secondary N) is 1. The van der Waals surface area contributed by atoms with Crippen molar-refractivity contribution >= 4 is 40.2 Å². The molecule has 4 rings (SSSR count). The minimum Gasteiger partial charge on any atom is -0.481 e. The van der Waals surface area contributed by atoms with Gasteiger partial charge in [0, 0.05) is 41.0 Å². The summed E-state index contributed by atoms with van der Waals surface area (Å²) in [6.07, 6.45) is 4.92. The molecule has 0 aliphatic heterocycles. The number of carbonyl (C=O) groups is 3. The number of Topliss-reactive ketones (excluding diaryl/α,β-unsaturated/α-hetero) is 1. The predicted molar refractivity (Wildman–Crippen MR) is 132 cm³/mol. The number of benzene rings is 2. The van der Waals surface area contributed by atoms with Gasteiger partial charge in [-0.1, -0.05) is 43.0 Å². The Bertz CT molecular complexity index is 1210. The number of rotatable bonds is 10. The van der Waals surface area contributed by atoms with E-state index in [0.29, 0.717) is 28.6 Å². The molecule has 1 saturated carbocycles. The Morgan fingerprint density at radius 1 is 1.12 bits per heavy atom. The quantitative estimate of drug-likeness (QED) is 0.387. The van der Waals surface area contributed by atoms with Gasteiger partial charge in [-0.15, -0.1) is 0 Å². The van der Waals surface area contributed by atoms with Crippen LogP contribution in [-0.2, 0) is 18.3 Å². The van der Waals surface area contributed by atoms with Crippen LogP contribution in [0.1, 0.15) is 58.5 Å². The largest absolute Gasteiger partial charge is 0.481 e. The highest BCUT2D eigenvalue weighted by Gasteiger charge is 2.29. The smallest absolute Gasteiger partial charge is 0.305 e. The van der Waals surface area contributed by atoms with Crippen molar-refractivity contribution in [1.82, 2.24) is 9.88 Å². The zero-order valence-electron chi connectivity index (χ0n) is 19.2. The number of carboxylic acid groups (broad SMARTS) is 1. The molecule has 2 N–H and O–H groups in total. The number of halogens is 1. The molecule has 1 atom stereocenters. The average Bonchev–Trinajstić information content (AvgIpc) is 3.10. The first kappa shape index (κ1) is 24.0. The summed E-state index contributed by atoms with van der Waals surface area (Å²) in [5, 5.41) is 12.9. The lowest BCUT2D eigenvalue weighted by Crippen LogP contribution is -2.26. The van der Waals surface area contributed by atoms with Gasteiger partial charge >= 0.3 is 5.97 Å². The molecular formula is C27H29ClN2O4. The fourth-order valence-electron chi connectivity index (χ4n) is 4.64. The van der Waals surface area contributed by atoms with E-state index in [9.17, 15) is 14.4 Å². The zero-order chi connectivity index (χ0) is 24.2. The Morgan fingerprint density at radius 2 is 1.85 bits per heavy atom. The number of nitrogens with zero attached hydrogens (tertiary/aromatic N) is 1. The lowest BCUT2D eigenvalue weighted by atomic mass is 9.76. The van der Waals surface area contributed by atoms with Crippen LogP contribution in [0.4, 0.5) is 0 Å². The van der Waals surface area contributed by atoms with Crippen molar-refractivity contribution in [3.63, 3.8) is 0 Å². The highest BCUT2D eigenvalue weighted by Crippen LogP contribution is 2.35. The fraction of sp³-hybridized carbons (Fsp3) is 0.370. The van der Waals surface area contributed by atoms with Gasteiger partial charge in [0.15, 0.2) is 5.78 Å². The summed E-state index contributed by atoms with van der Waals surface area (Å²) >= 11 is 6.15. The van der Waals surface area contributed by atoms with Crippen LogP contribution >= 0.6 is 11.6 Å². The van der Waals surface area contributed by atoms with Gasteiger partial charge in [0.25, 0.3) is 5.91 Å². The molecule has 7 heteroatoms. The Labute approximate surface area is 203 Å². The molecule has 34 heavy (non-hydrogen) atoms. The second-order valence-electron chi connectivity index (χ2n) is 9.19. The minimum absolute atomic E-state index is 0.0874. The normalized spacial score (nSPS) is 14.5. The highest BCUT2D eigenvalue weighted by molar-refractivity contribution is 6.31. The maximum absolute atomic E-state index is 13.7. The second-order valence-corrected chi connectivity index (χ2v) is 9.62. The van der Waals surface area contributed by atoms with E-state index in [1.807, 2.05) is 48.0 Å². The number of fused-ring (bicyclic) bond motifs is 1. The van der Waals surface area contributed by atoms with E-state index < -0.39 is 5.97 Å². The molecule has 1 amide bonds. The van der Waals surface area contributed by atoms with E-state index in [2.05, 4.69) is 5.32 Å². The standard InChI is InChI=1S/C27H29ClN2O4/c1-30-23-10-9-22(28)15-20(23)16-24(30)26(33)21(13-17-3-2-4-17)14-18-5-7-19(8-6-18)27(34)29-12-11-25(31)32/h5-10,15-17,21H,2-4,11-14H2,1H3,(H,29,34)(H,31,32). The van der Waals surface area contributed by atoms with Crippen molar-refractivity contribution in [3.05, 3.63) is 70.4 Å². The third-order valence-electron chi connectivity index (χ3n) is 6.79. The SMILES string of the molecule is Cn1c(C(=O)C(Cc2ccc(C(=O)NCCC(=O)O)cc2)CC2CCC2)cc2cc(Cl)ccc21. The number of hydrogen-bond donors (Lipinski definition) is 2. The molecule has 0 bridgehead atoms. The van der Waals surface area contributed by atoms with Crippen molar-refractivity contribution in [3.8, 4) is 0 Å². The van der Waals surface area contributed by atoms with Crippen molar-refractivity contribution in [1.29, 1.82) is 0 Å². The molecule has 1 heterocycles. The molecule has 0 radical (unpaired) electrons. The van der Waals surface area contributed by atoms with Crippen LogP contribution < -0.4 is 5.32 Å². The van der Waals surface area contributed by atoms with Gasteiger partial charge in [-0.25, -0.2) is 0 Å². The van der Waals surface area contributed by atoms with Crippen LogP contribution in [0.3, 0.4) is 0 Å². The van der Waals surface area contributed by atoms with Gasteiger partial charge in [0.1, 0.15) is 0 Å². The molecule has 1 aliphatic carbocycles. The molecule has 1 aliphatic rings. The minimum atomic E-state index is -0.952. The topological polar surface area (TPSA) is 88.4 Å². The van der Waals surface area contributed by atoms with Gasteiger partial charge in [-0.05, 0) is 60.7 Å². The van der Waals surface area contributed by atoms with Crippen LogP contribution in [0.25, 0.3) is 10.9 Å². The first-order chi connectivity index (χ1) is 16.3. The number of aromatic nitrogens is 1. The monoisotopic (exact) mass is 480 g/mol. The number of ketones is 1. The highest BCUT2D eigenvalue weighted by atomic mass is 35.5. The number of aliphatic carboxylic acids is 1. The van der Waals surface area contributed by atoms with Crippen molar-refractivity contribution in [2.24, 2.45) is 18.9 Å². The first-order valence-electron chi connectivity index (χ1n) is 11.7. The number of hydrogen-bond acceptors (Lipinski definition) is 3. The van der Waals surface area contributed by atoms with Crippen LogP contribution in [0, 0.1) is 11.8 Å². The second kappa shape index (κ2) is 10.4. The Kier molecular flexibility index (Phi) is 7.37. The summed E-state index contributed by atoms with van der Waals surface area (Å²) in [7, 11) is 1.92. The van der Waals surface area contributed by atoms with Crippen LogP contribution in [0.2, 0.25) is 5.02 Å². The van der Waals surface area contributed by atoms with E-state index >= 15 is 0 Å². The first-order valence-corrected chi connectivity index (χ1v) is 12.1. The third kappa shape index (κ3) is 5.50. The molecule has 6 nitrogen and oxygen atoms in total. The van der Waals surface area contributed by atoms with Gasteiger partial charge in [-0.3, -0.25) is 14.4 Å². The Balaban J connectivity index is 1.50. The maximum Gasteiger partial charge on any atom is 0.305 e. The van der Waals surface area contributed by atoms with Crippen LogP contribution in [-0.4, -0.2) is 33.9 Å². The number of carboxylic acids is 1. The molecule has 2 aromatic carbocycles. The Hall–Kier alpha value is -3.12. The summed E-state index contributed by atoms with van der Waals surface area (Å²) in [5.74, 6) is -0.676. The van der Waals surface area contributed by atoms with Crippen LogP contribution in [0.5, 0.6) is 0 Å². The van der Waals surface area contributed by atoms with E-state index in [0.717, 1.165) is 22.9 Å². The molecular weight excluding hydrogens is 452 g/mol. The summed E-state index contributed by atoms with van der Waals surface area (Å²) in [5.41, 5.74) is 3.15. The van der Waals surface area contributed by atoms with Gasteiger partial charge in [-0.2, -0.15) is 0 Å². The van der Waals surface area contributed by atoms with Crippen molar-refractivity contribution in [2.45, 2.75) is 38.5 Å². The summed E-state index contributed by atoms with van der Waals surface area (Å²) in [4.78, 5) is 36.5. The molecule has 0 saturated heterocycles. The summed E-state index contributed by atoms with van der Waals surface area (Å²) < 4.78 is 1.95. The van der Waals surface area contributed by atoms with Crippen molar-refractivity contribution < 1.29 is 19.5 Å². The predicted octanol–water partition coefficient (Wildman–Crippen LogP) is 5.27. The number of carbonyl (C=O) groups excluding carboxylic acids is 2. The average molecular weight is 481 g/mol. The fourth-order valence-corrected chi connectivity index (χ4v) is 4.82. The maximum atomic E-state index is 13.7. The summed E-state index contributed by atoms with van der Waals surface area (Å²) in [6, 6.07) is 14.8. The Morgan fingerprint density at radius 3 is 2.50 bits per heavy atom. The molecule has 1 aromatic heterocycles. The van der Waals surface area contributed by atoms with E-state index in [1.54, 1.807) is 12.1 Å². The molecule has 178 valence electrons. The molecule has 1 fully saturated rings.